The first-order valence-electron chi connectivity index (χ1n) is 6.48. The van der Waals surface area contributed by atoms with Crippen molar-refractivity contribution in [2.75, 3.05) is 44.6 Å². The Balaban J connectivity index is 1.68. The van der Waals surface area contributed by atoms with Crippen LogP contribution in [0.2, 0.25) is 0 Å². The highest BCUT2D eigenvalue weighted by molar-refractivity contribution is 5.89. The Labute approximate surface area is 112 Å². The summed E-state index contributed by atoms with van der Waals surface area (Å²) < 4.78 is 13.3. The van der Waals surface area contributed by atoms with Crippen molar-refractivity contribution >= 4 is 11.7 Å². The predicted octanol–water partition coefficient (Wildman–Crippen LogP) is 0.852. The molecule has 5 nitrogen and oxygen atoms in total. The lowest BCUT2D eigenvalue weighted by atomic mass is 10.3. The molecule has 0 spiro atoms. The monoisotopic (exact) mass is 266 g/mol. The maximum absolute atomic E-state index is 13.3. The summed E-state index contributed by atoms with van der Waals surface area (Å²) in [6, 6.07) is 5.74. The van der Waals surface area contributed by atoms with Crippen molar-refractivity contribution < 1.29 is 9.18 Å². The number of hydrogen-bond acceptors (Lipinski definition) is 3. The second-order valence-corrected chi connectivity index (χ2v) is 4.45. The van der Waals surface area contributed by atoms with E-state index < -0.39 is 5.82 Å². The smallest absolute Gasteiger partial charge is 0.319 e. The lowest BCUT2D eigenvalue weighted by Crippen LogP contribution is -2.46. The fourth-order valence-corrected chi connectivity index (χ4v) is 1.99. The van der Waals surface area contributed by atoms with Crippen LogP contribution in [0.5, 0.6) is 0 Å². The number of amides is 2. The molecule has 2 rings (SSSR count). The lowest BCUT2D eigenvalue weighted by molar-refractivity contribution is 0.233. The van der Waals surface area contributed by atoms with Crippen LogP contribution in [0.3, 0.4) is 0 Å². The van der Waals surface area contributed by atoms with Gasteiger partial charge in [0.25, 0.3) is 0 Å². The molecule has 0 atom stereocenters. The Kier molecular flexibility index (Phi) is 5.11. The van der Waals surface area contributed by atoms with E-state index in [-0.39, 0.29) is 11.7 Å². The number of para-hydroxylation sites is 1. The standard InChI is InChI=1S/C13H19FN4O/c14-11-3-1-2-4-12(11)17-13(19)16-7-10-18-8-5-15-6-9-18/h1-4,15H,5-10H2,(H2,16,17,19). The number of anilines is 1. The fraction of sp³-hybridized carbons (Fsp3) is 0.462. The van der Waals surface area contributed by atoms with Gasteiger partial charge in [0.1, 0.15) is 5.82 Å². The first-order valence-corrected chi connectivity index (χ1v) is 6.48. The van der Waals surface area contributed by atoms with Gasteiger partial charge in [-0.05, 0) is 12.1 Å². The minimum Gasteiger partial charge on any atom is -0.337 e. The highest BCUT2D eigenvalue weighted by Crippen LogP contribution is 2.11. The quantitative estimate of drug-likeness (QED) is 0.757. The minimum absolute atomic E-state index is 0.196. The normalized spacial score (nSPS) is 16.1. The van der Waals surface area contributed by atoms with E-state index in [2.05, 4.69) is 20.9 Å². The van der Waals surface area contributed by atoms with Gasteiger partial charge in [0.2, 0.25) is 0 Å². The average Bonchev–Trinajstić information content (AvgIpc) is 2.43. The van der Waals surface area contributed by atoms with Gasteiger partial charge in [-0.3, -0.25) is 4.90 Å². The van der Waals surface area contributed by atoms with Crippen LogP contribution in [0.4, 0.5) is 14.9 Å². The molecule has 0 saturated carbocycles. The van der Waals surface area contributed by atoms with Crippen LogP contribution < -0.4 is 16.0 Å². The molecule has 2 amide bonds. The van der Waals surface area contributed by atoms with Crippen molar-refractivity contribution in [3.8, 4) is 0 Å². The molecule has 104 valence electrons. The number of rotatable bonds is 4. The zero-order chi connectivity index (χ0) is 13.5. The number of nitrogens with zero attached hydrogens (tertiary/aromatic N) is 1. The molecule has 6 heteroatoms. The zero-order valence-corrected chi connectivity index (χ0v) is 10.8. The van der Waals surface area contributed by atoms with E-state index in [1.807, 2.05) is 0 Å². The number of carbonyl (C=O) groups excluding carboxylic acids is 1. The number of halogens is 1. The fourth-order valence-electron chi connectivity index (χ4n) is 1.99. The van der Waals surface area contributed by atoms with Crippen molar-refractivity contribution in [1.29, 1.82) is 0 Å². The van der Waals surface area contributed by atoms with Gasteiger partial charge >= 0.3 is 6.03 Å². The largest absolute Gasteiger partial charge is 0.337 e. The molecule has 1 fully saturated rings. The van der Waals surface area contributed by atoms with Crippen molar-refractivity contribution in [3.05, 3.63) is 30.1 Å². The number of hydrogen-bond donors (Lipinski definition) is 3. The molecule has 3 N–H and O–H groups in total. The lowest BCUT2D eigenvalue weighted by Gasteiger charge is -2.27. The van der Waals surface area contributed by atoms with Crippen LogP contribution in [0.15, 0.2) is 24.3 Å². The third kappa shape index (κ3) is 4.50. The molecule has 1 aliphatic rings. The molecule has 0 aromatic heterocycles. The van der Waals surface area contributed by atoms with Crippen LogP contribution in [-0.2, 0) is 0 Å². The number of piperazine rings is 1. The van der Waals surface area contributed by atoms with E-state index >= 15 is 0 Å². The number of nitrogens with one attached hydrogen (secondary N) is 3. The first kappa shape index (κ1) is 13.8. The van der Waals surface area contributed by atoms with Gasteiger partial charge in [-0.25, -0.2) is 9.18 Å². The molecule has 1 heterocycles. The Morgan fingerprint density at radius 1 is 1.32 bits per heavy atom. The third-order valence-electron chi connectivity index (χ3n) is 3.05. The average molecular weight is 266 g/mol. The maximum atomic E-state index is 13.3. The maximum Gasteiger partial charge on any atom is 0.319 e. The molecule has 0 aliphatic carbocycles. The van der Waals surface area contributed by atoms with E-state index in [1.165, 1.54) is 12.1 Å². The zero-order valence-electron chi connectivity index (χ0n) is 10.8. The summed E-state index contributed by atoms with van der Waals surface area (Å²) >= 11 is 0. The molecule has 0 radical (unpaired) electrons. The van der Waals surface area contributed by atoms with Gasteiger partial charge in [0.15, 0.2) is 0 Å². The SMILES string of the molecule is O=C(NCCN1CCNCC1)Nc1ccccc1F. The summed E-state index contributed by atoms with van der Waals surface area (Å²) in [6.07, 6.45) is 0. The topological polar surface area (TPSA) is 56.4 Å². The Hall–Kier alpha value is -1.66. The van der Waals surface area contributed by atoms with Crippen molar-refractivity contribution in [2.24, 2.45) is 0 Å². The van der Waals surface area contributed by atoms with Gasteiger partial charge < -0.3 is 16.0 Å². The van der Waals surface area contributed by atoms with Crippen molar-refractivity contribution in [3.63, 3.8) is 0 Å². The summed E-state index contributed by atoms with van der Waals surface area (Å²) in [4.78, 5) is 13.9. The second kappa shape index (κ2) is 7.06. The van der Waals surface area contributed by atoms with E-state index in [1.54, 1.807) is 12.1 Å². The predicted molar refractivity (Wildman–Crippen MR) is 72.7 cm³/mol. The van der Waals surface area contributed by atoms with E-state index in [0.717, 1.165) is 32.7 Å². The molecule has 1 saturated heterocycles. The number of benzene rings is 1. The van der Waals surface area contributed by atoms with Gasteiger partial charge in [-0.15, -0.1) is 0 Å². The number of carbonyl (C=O) groups is 1. The molecule has 1 aliphatic heterocycles. The summed E-state index contributed by atoms with van der Waals surface area (Å²) in [5, 5.41) is 8.49. The van der Waals surface area contributed by atoms with Crippen molar-refractivity contribution in [2.45, 2.75) is 0 Å². The summed E-state index contributed by atoms with van der Waals surface area (Å²) in [5.74, 6) is -0.431. The molecule has 1 aromatic rings. The Morgan fingerprint density at radius 2 is 2.05 bits per heavy atom. The van der Waals surface area contributed by atoms with E-state index in [9.17, 15) is 9.18 Å². The van der Waals surface area contributed by atoms with Crippen LogP contribution >= 0.6 is 0 Å². The second-order valence-electron chi connectivity index (χ2n) is 4.45. The van der Waals surface area contributed by atoms with E-state index in [4.69, 9.17) is 0 Å². The van der Waals surface area contributed by atoms with Crippen molar-refractivity contribution in [1.82, 2.24) is 15.5 Å². The molecule has 0 unspecified atom stereocenters. The van der Waals surface area contributed by atoms with Gasteiger partial charge in [-0.2, -0.15) is 0 Å². The highest BCUT2D eigenvalue weighted by Gasteiger charge is 2.10. The van der Waals surface area contributed by atoms with Crippen LogP contribution in [0.25, 0.3) is 0 Å². The van der Waals surface area contributed by atoms with Crippen LogP contribution in [0.1, 0.15) is 0 Å². The Bertz CT molecular complexity index is 421. The minimum atomic E-state index is -0.431. The van der Waals surface area contributed by atoms with Gasteiger partial charge in [-0.1, -0.05) is 12.1 Å². The first-order chi connectivity index (χ1) is 9.25. The summed E-state index contributed by atoms with van der Waals surface area (Å²) in [6.45, 7) is 5.34. The molecule has 1 aromatic carbocycles. The summed E-state index contributed by atoms with van der Waals surface area (Å²) in [5.41, 5.74) is 0.196. The molecule has 19 heavy (non-hydrogen) atoms. The van der Waals surface area contributed by atoms with Crippen LogP contribution in [-0.4, -0.2) is 50.2 Å². The molecular formula is C13H19FN4O. The molecular weight excluding hydrogens is 247 g/mol. The Morgan fingerprint density at radius 3 is 2.79 bits per heavy atom. The number of urea groups is 1. The van der Waals surface area contributed by atoms with Gasteiger partial charge in [0, 0.05) is 39.3 Å². The summed E-state index contributed by atoms with van der Waals surface area (Å²) in [7, 11) is 0. The molecule has 0 bridgehead atoms. The highest BCUT2D eigenvalue weighted by atomic mass is 19.1. The third-order valence-corrected chi connectivity index (χ3v) is 3.05. The van der Waals surface area contributed by atoms with Crippen LogP contribution in [0, 0.1) is 5.82 Å². The van der Waals surface area contributed by atoms with Gasteiger partial charge in [0.05, 0.1) is 5.69 Å². The van der Waals surface area contributed by atoms with E-state index in [0.29, 0.717) is 6.54 Å².